The maximum Gasteiger partial charge on any atom is 0.270 e. The summed E-state index contributed by atoms with van der Waals surface area (Å²) in [6, 6.07) is 19.9. The van der Waals surface area contributed by atoms with Crippen molar-refractivity contribution in [1.82, 2.24) is 24.6 Å². The van der Waals surface area contributed by atoms with Crippen LogP contribution < -0.4 is 5.32 Å². The molecule has 0 aliphatic heterocycles. The van der Waals surface area contributed by atoms with Crippen molar-refractivity contribution in [3.05, 3.63) is 102 Å². The number of nitrogens with zero attached hydrogens (tertiary/aromatic N) is 4. The van der Waals surface area contributed by atoms with Crippen LogP contribution in [0.2, 0.25) is 0 Å². The number of amides is 1. The van der Waals surface area contributed by atoms with Gasteiger partial charge in [-0.3, -0.25) is 4.79 Å². The Morgan fingerprint density at radius 1 is 1.03 bits per heavy atom. The molecule has 1 saturated carbocycles. The fraction of sp³-hybridized carbons (Fsp3) is 0.208. The maximum atomic E-state index is 13.1. The second kappa shape index (κ2) is 7.99. The third kappa shape index (κ3) is 3.89. The van der Waals surface area contributed by atoms with E-state index in [1.54, 1.807) is 17.2 Å². The van der Waals surface area contributed by atoms with E-state index in [1.807, 2.05) is 59.3 Å². The summed E-state index contributed by atoms with van der Waals surface area (Å²) in [5, 5.41) is 7.82. The van der Waals surface area contributed by atoms with Crippen LogP contribution in [0.5, 0.6) is 0 Å². The zero-order chi connectivity index (χ0) is 20.3. The van der Waals surface area contributed by atoms with Crippen molar-refractivity contribution in [2.24, 2.45) is 0 Å². The predicted molar refractivity (Wildman–Crippen MR) is 114 cm³/mol. The second-order valence-corrected chi connectivity index (χ2v) is 7.66. The van der Waals surface area contributed by atoms with Gasteiger partial charge in [0.25, 0.3) is 5.91 Å². The minimum atomic E-state index is -0.115. The quantitative estimate of drug-likeness (QED) is 0.514. The van der Waals surface area contributed by atoms with E-state index in [0.29, 0.717) is 18.2 Å². The van der Waals surface area contributed by atoms with E-state index in [1.165, 1.54) is 0 Å². The molecule has 1 amide bonds. The van der Waals surface area contributed by atoms with Gasteiger partial charge in [0, 0.05) is 31.4 Å². The lowest BCUT2D eigenvalue weighted by Gasteiger charge is -2.12. The molecule has 0 saturated heterocycles. The van der Waals surface area contributed by atoms with Gasteiger partial charge < -0.3 is 9.88 Å². The van der Waals surface area contributed by atoms with E-state index in [-0.39, 0.29) is 5.91 Å². The molecule has 0 unspecified atom stereocenters. The number of imidazole rings is 1. The number of benzene rings is 2. The van der Waals surface area contributed by atoms with Gasteiger partial charge in [-0.05, 0) is 42.2 Å². The zero-order valence-electron chi connectivity index (χ0n) is 16.6. The van der Waals surface area contributed by atoms with Crippen LogP contribution in [0.4, 0.5) is 0 Å². The highest BCUT2D eigenvalue weighted by molar-refractivity contribution is 5.93. The van der Waals surface area contributed by atoms with Crippen LogP contribution in [0.3, 0.4) is 0 Å². The van der Waals surface area contributed by atoms with Gasteiger partial charge >= 0.3 is 0 Å². The SMILES string of the molecule is O=C(NCc1ccccc1Cn1ccnc1)c1cc(C2CC2)nn1-c1ccccc1. The standard InChI is InChI=1S/C24H23N5O/c30-24(26-15-19-6-4-5-7-20(19)16-28-13-12-25-17-28)23-14-22(18-10-11-18)27-29(23)21-8-2-1-3-9-21/h1-9,12-14,17-18H,10-11,15-16H2,(H,26,30). The first kappa shape index (κ1) is 18.4. The van der Waals surface area contributed by atoms with Gasteiger partial charge in [-0.15, -0.1) is 0 Å². The van der Waals surface area contributed by atoms with E-state index in [2.05, 4.69) is 22.4 Å². The van der Waals surface area contributed by atoms with E-state index >= 15 is 0 Å². The normalized spacial score (nSPS) is 13.3. The minimum Gasteiger partial charge on any atom is -0.347 e. The highest BCUT2D eigenvalue weighted by Crippen LogP contribution is 2.39. The average Bonchev–Trinajstić information content (AvgIpc) is 3.32. The van der Waals surface area contributed by atoms with E-state index in [0.717, 1.165) is 41.9 Å². The Hall–Kier alpha value is -3.67. The van der Waals surface area contributed by atoms with E-state index < -0.39 is 0 Å². The van der Waals surface area contributed by atoms with E-state index in [4.69, 9.17) is 5.10 Å². The first-order valence-corrected chi connectivity index (χ1v) is 10.2. The Bertz CT molecular complexity index is 1140. The molecule has 150 valence electrons. The van der Waals surface area contributed by atoms with Gasteiger partial charge in [0.15, 0.2) is 0 Å². The first-order valence-electron chi connectivity index (χ1n) is 10.2. The van der Waals surface area contributed by atoms with Crippen molar-refractivity contribution in [3.63, 3.8) is 0 Å². The van der Waals surface area contributed by atoms with Gasteiger partial charge in [-0.1, -0.05) is 42.5 Å². The topological polar surface area (TPSA) is 64.7 Å². The van der Waals surface area contributed by atoms with Crippen LogP contribution in [0, 0.1) is 0 Å². The molecule has 1 aliphatic carbocycles. The number of carbonyl (C=O) groups is 1. The van der Waals surface area contributed by atoms with Crippen LogP contribution in [-0.4, -0.2) is 25.2 Å². The molecule has 1 aliphatic rings. The number of hydrogen-bond acceptors (Lipinski definition) is 3. The lowest BCUT2D eigenvalue weighted by atomic mass is 10.1. The molecule has 6 heteroatoms. The number of rotatable bonds is 7. The van der Waals surface area contributed by atoms with Gasteiger partial charge in [0.2, 0.25) is 0 Å². The molecule has 2 heterocycles. The van der Waals surface area contributed by atoms with Gasteiger partial charge in [0.1, 0.15) is 5.69 Å². The molecule has 1 N–H and O–H groups in total. The van der Waals surface area contributed by atoms with Crippen molar-refractivity contribution in [2.75, 3.05) is 0 Å². The van der Waals surface area contributed by atoms with Crippen molar-refractivity contribution < 1.29 is 4.79 Å². The Labute approximate surface area is 175 Å². The molecule has 0 atom stereocenters. The van der Waals surface area contributed by atoms with Crippen LogP contribution in [0.1, 0.15) is 46.1 Å². The van der Waals surface area contributed by atoms with Crippen molar-refractivity contribution in [3.8, 4) is 5.69 Å². The van der Waals surface area contributed by atoms with Crippen LogP contribution in [0.15, 0.2) is 79.4 Å². The number of hydrogen-bond donors (Lipinski definition) is 1. The molecule has 0 radical (unpaired) electrons. The number of para-hydroxylation sites is 1. The summed E-state index contributed by atoms with van der Waals surface area (Å²) in [6.45, 7) is 1.18. The molecule has 2 aromatic heterocycles. The van der Waals surface area contributed by atoms with Crippen LogP contribution in [-0.2, 0) is 13.1 Å². The summed E-state index contributed by atoms with van der Waals surface area (Å²) in [5.41, 5.74) is 4.73. The monoisotopic (exact) mass is 397 g/mol. The number of carbonyl (C=O) groups excluding carboxylic acids is 1. The molecule has 5 rings (SSSR count). The summed E-state index contributed by atoms with van der Waals surface area (Å²) in [7, 11) is 0. The number of nitrogens with one attached hydrogen (secondary N) is 1. The molecule has 0 bridgehead atoms. The fourth-order valence-corrected chi connectivity index (χ4v) is 3.63. The summed E-state index contributed by atoms with van der Waals surface area (Å²) in [4.78, 5) is 17.2. The summed E-state index contributed by atoms with van der Waals surface area (Å²) < 4.78 is 3.79. The largest absolute Gasteiger partial charge is 0.347 e. The molecule has 1 fully saturated rings. The Morgan fingerprint density at radius 3 is 2.53 bits per heavy atom. The third-order valence-electron chi connectivity index (χ3n) is 5.43. The molecule has 2 aromatic carbocycles. The van der Waals surface area contributed by atoms with Crippen LogP contribution >= 0.6 is 0 Å². The zero-order valence-corrected chi connectivity index (χ0v) is 16.6. The Balaban J connectivity index is 1.37. The minimum absolute atomic E-state index is 0.115. The molecule has 30 heavy (non-hydrogen) atoms. The summed E-state index contributed by atoms with van der Waals surface area (Å²) in [6.07, 6.45) is 7.80. The fourth-order valence-electron chi connectivity index (χ4n) is 3.63. The lowest BCUT2D eigenvalue weighted by molar-refractivity contribution is 0.0943. The molecular weight excluding hydrogens is 374 g/mol. The maximum absolute atomic E-state index is 13.1. The highest BCUT2D eigenvalue weighted by Gasteiger charge is 2.29. The predicted octanol–water partition coefficient (Wildman–Crippen LogP) is 3.92. The van der Waals surface area contributed by atoms with Gasteiger partial charge in [-0.2, -0.15) is 5.10 Å². The van der Waals surface area contributed by atoms with Crippen molar-refractivity contribution in [1.29, 1.82) is 0 Å². The third-order valence-corrected chi connectivity index (χ3v) is 5.43. The second-order valence-electron chi connectivity index (χ2n) is 7.66. The molecule has 6 nitrogen and oxygen atoms in total. The first-order chi connectivity index (χ1) is 14.8. The smallest absolute Gasteiger partial charge is 0.270 e. The average molecular weight is 397 g/mol. The summed E-state index contributed by atoms with van der Waals surface area (Å²) in [5.74, 6) is 0.369. The summed E-state index contributed by atoms with van der Waals surface area (Å²) >= 11 is 0. The molecular formula is C24H23N5O. The van der Waals surface area contributed by atoms with Crippen molar-refractivity contribution >= 4 is 5.91 Å². The highest BCUT2D eigenvalue weighted by atomic mass is 16.2. The van der Waals surface area contributed by atoms with E-state index in [9.17, 15) is 4.79 Å². The van der Waals surface area contributed by atoms with Gasteiger partial charge in [-0.25, -0.2) is 9.67 Å². The molecule has 4 aromatic rings. The number of aromatic nitrogens is 4. The molecule has 0 spiro atoms. The Morgan fingerprint density at radius 2 is 1.80 bits per heavy atom. The lowest BCUT2D eigenvalue weighted by Crippen LogP contribution is -2.26. The van der Waals surface area contributed by atoms with Crippen molar-refractivity contribution in [2.45, 2.75) is 31.8 Å². The van der Waals surface area contributed by atoms with Crippen LogP contribution in [0.25, 0.3) is 5.69 Å². The Kier molecular flexibility index (Phi) is 4.89. The van der Waals surface area contributed by atoms with Gasteiger partial charge in [0.05, 0.1) is 17.7 Å².